The minimum Gasteiger partial charge on any atom is -0.329 e. The van der Waals surface area contributed by atoms with Gasteiger partial charge in [0.1, 0.15) is 0 Å². The molecule has 0 unspecified atom stereocenters. The average Bonchev–Trinajstić information content (AvgIpc) is 2.55. The van der Waals surface area contributed by atoms with Crippen LogP contribution in [-0.2, 0) is 4.79 Å². The molecule has 0 bridgehead atoms. The van der Waals surface area contributed by atoms with Crippen LogP contribution in [-0.4, -0.2) is 29.9 Å². The number of hydrogen-bond acceptors (Lipinski definition) is 3. The summed E-state index contributed by atoms with van der Waals surface area (Å²) in [6, 6.07) is 1.93. The summed E-state index contributed by atoms with van der Waals surface area (Å²) in [6.45, 7) is 4.34. The van der Waals surface area contributed by atoms with Crippen molar-refractivity contribution in [2.45, 2.75) is 33.1 Å². The molecule has 1 aliphatic heterocycles. The van der Waals surface area contributed by atoms with E-state index in [0.717, 1.165) is 19.3 Å². The van der Waals surface area contributed by atoms with Gasteiger partial charge in [-0.15, -0.1) is 0 Å². The van der Waals surface area contributed by atoms with Crippen LogP contribution in [0.1, 0.15) is 33.1 Å². The number of unbranched alkanes of at least 4 members (excludes halogenated alkanes) is 1. The van der Waals surface area contributed by atoms with Gasteiger partial charge in [0.05, 0.1) is 18.0 Å². The number of nitrogens with zero attached hydrogens (tertiary/aromatic N) is 2. The first kappa shape index (κ1) is 12.5. The Morgan fingerprint density at radius 1 is 1.44 bits per heavy atom. The van der Waals surface area contributed by atoms with Crippen molar-refractivity contribution in [3.05, 3.63) is 0 Å². The van der Waals surface area contributed by atoms with E-state index >= 15 is 0 Å². The van der Waals surface area contributed by atoms with Crippen LogP contribution in [0, 0.1) is 16.7 Å². The molecule has 16 heavy (non-hydrogen) atoms. The highest BCUT2D eigenvalue weighted by molar-refractivity contribution is 6.01. The van der Waals surface area contributed by atoms with Crippen LogP contribution >= 0.6 is 0 Å². The van der Waals surface area contributed by atoms with Gasteiger partial charge in [-0.2, -0.15) is 5.26 Å². The normalized spacial score (nSPS) is 16.2. The molecule has 5 nitrogen and oxygen atoms in total. The monoisotopic (exact) mass is 223 g/mol. The van der Waals surface area contributed by atoms with E-state index < -0.39 is 0 Å². The van der Waals surface area contributed by atoms with E-state index in [-0.39, 0.29) is 23.9 Å². The van der Waals surface area contributed by atoms with Gasteiger partial charge in [-0.25, -0.2) is 4.79 Å². The third kappa shape index (κ3) is 3.23. The van der Waals surface area contributed by atoms with Crippen LogP contribution in [0.2, 0.25) is 0 Å². The van der Waals surface area contributed by atoms with Crippen LogP contribution < -0.4 is 5.32 Å². The van der Waals surface area contributed by atoms with Gasteiger partial charge in [-0.1, -0.05) is 6.42 Å². The first-order valence-electron chi connectivity index (χ1n) is 5.46. The third-order valence-electron chi connectivity index (χ3n) is 2.67. The summed E-state index contributed by atoms with van der Waals surface area (Å²) >= 11 is 0. The van der Waals surface area contributed by atoms with Gasteiger partial charge in [0.15, 0.2) is 0 Å². The predicted molar refractivity (Wildman–Crippen MR) is 58.4 cm³/mol. The fourth-order valence-electron chi connectivity index (χ4n) is 1.57. The van der Waals surface area contributed by atoms with Gasteiger partial charge in [-0.05, 0) is 26.7 Å². The number of carbonyl (C=O) groups is 2. The minimum absolute atomic E-state index is 0.114. The fraction of sp³-hybridized carbons (Fsp3) is 0.727. The van der Waals surface area contributed by atoms with E-state index in [1.165, 1.54) is 4.90 Å². The van der Waals surface area contributed by atoms with Crippen LogP contribution in [0.15, 0.2) is 0 Å². The summed E-state index contributed by atoms with van der Waals surface area (Å²) in [6.07, 6.45) is 2.38. The molecule has 0 saturated carbocycles. The van der Waals surface area contributed by atoms with Gasteiger partial charge in [0.2, 0.25) is 5.91 Å². The summed E-state index contributed by atoms with van der Waals surface area (Å²) < 4.78 is 0. The molecule has 0 aliphatic carbocycles. The van der Waals surface area contributed by atoms with Crippen molar-refractivity contribution in [3.63, 3.8) is 0 Å². The summed E-state index contributed by atoms with van der Waals surface area (Å²) in [5.41, 5.74) is -0.322. The zero-order chi connectivity index (χ0) is 12.2. The average molecular weight is 223 g/mol. The number of imide groups is 1. The maximum atomic E-state index is 11.2. The largest absolute Gasteiger partial charge is 0.329 e. The molecule has 0 aromatic heterocycles. The maximum absolute atomic E-state index is 11.2. The molecule has 0 radical (unpaired) electrons. The Kier molecular flexibility index (Phi) is 3.88. The van der Waals surface area contributed by atoms with Crippen molar-refractivity contribution >= 4 is 11.9 Å². The first-order chi connectivity index (χ1) is 7.46. The molecule has 1 aliphatic rings. The molecular weight excluding hydrogens is 206 g/mol. The molecule has 0 atom stereocenters. The number of urea groups is 1. The highest BCUT2D eigenvalue weighted by atomic mass is 16.2. The standard InChI is InChI=1S/C11H17N3O2/c1-11(2,8-12)5-3-4-6-14-9(15)7-13-10(14)16/h3-7H2,1-2H3,(H,13,16). The van der Waals surface area contributed by atoms with Crippen molar-refractivity contribution in [3.8, 4) is 6.07 Å². The molecule has 88 valence electrons. The summed E-state index contributed by atoms with van der Waals surface area (Å²) in [4.78, 5) is 23.6. The van der Waals surface area contributed by atoms with Crippen LogP contribution in [0.5, 0.6) is 0 Å². The Balaban J connectivity index is 2.24. The lowest BCUT2D eigenvalue weighted by molar-refractivity contribution is -0.125. The summed E-state index contributed by atoms with van der Waals surface area (Å²) in [7, 11) is 0. The van der Waals surface area contributed by atoms with Crippen molar-refractivity contribution < 1.29 is 9.59 Å². The number of rotatable bonds is 5. The smallest absolute Gasteiger partial charge is 0.324 e. The summed E-state index contributed by atoms with van der Waals surface area (Å²) in [5.74, 6) is -0.162. The lowest BCUT2D eigenvalue weighted by atomic mass is 9.89. The number of nitrogens with one attached hydrogen (secondary N) is 1. The van der Waals surface area contributed by atoms with Crippen LogP contribution in [0.4, 0.5) is 4.79 Å². The molecule has 1 rings (SSSR count). The van der Waals surface area contributed by atoms with Gasteiger partial charge in [0, 0.05) is 6.54 Å². The second-order valence-electron chi connectivity index (χ2n) is 4.66. The first-order valence-corrected chi connectivity index (χ1v) is 5.46. The molecule has 0 aromatic rings. The quantitative estimate of drug-likeness (QED) is 0.563. The van der Waals surface area contributed by atoms with E-state index in [1.54, 1.807) is 0 Å². The van der Waals surface area contributed by atoms with Gasteiger partial charge in [0.25, 0.3) is 0 Å². The summed E-state index contributed by atoms with van der Waals surface area (Å²) in [5, 5.41) is 11.3. The van der Waals surface area contributed by atoms with E-state index in [1.807, 2.05) is 13.8 Å². The highest BCUT2D eigenvalue weighted by Gasteiger charge is 2.27. The number of hydrogen-bond donors (Lipinski definition) is 1. The second kappa shape index (κ2) is 4.97. The highest BCUT2D eigenvalue weighted by Crippen LogP contribution is 2.21. The fourth-order valence-corrected chi connectivity index (χ4v) is 1.57. The maximum Gasteiger partial charge on any atom is 0.324 e. The number of amides is 3. The van der Waals surface area contributed by atoms with Crippen LogP contribution in [0.25, 0.3) is 0 Å². The van der Waals surface area contributed by atoms with Crippen molar-refractivity contribution in [1.82, 2.24) is 10.2 Å². The van der Waals surface area contributed by atoms with Crippen molar-refractivity contribution in [2.75, 3.05) is 13.1 Å². The van der Waals surface area contributed by atoms with Crippen molar-refractivity contribution in [2.24, 2.45) is 5.41 Å². The number of carbonyl (C=O) groups excluding carboxylic acids is 2. The Morgan fingerprint density at radius 3 is 2.62 bits per heavy atom. The molecule has 1 fully saturated rings. The molecule has 3 amide bonds. The molecule has 0 aromatic carbocycles. The number of nitriles is 1. The third-order valence-corrected chi connectivity index (χ3v) is 2.67. The van der Waals surface area contributed by atoms with Gasteiger partial charge < -0.3 is 5.32 Å². The SMILES string of the molecule is CC(C)(C#N)CCCCN1C(=O)CNC1=O. The predicted octanol–water partition coefficient (Wildman–Crippen LogP) is 1.26. The minimum atomic E-state index is -0.322. The Labute approximate surface area is 95.4 Å². The molecule has 1 heterocycles. The topological polar surface area (TPSA) is 73.2 Å². The molecule has 1 saturated heterocycles. The van der Waals surface area contributed by atoms with E-state index in [2.05, 4.69) is 11.4 Å². The molecular formula is C11H17N3O2. The van der Waals surface area contributed by atoms with Gasteiger partial charge in [-0.3, -0.25) is 9.69 Å². The van der Waals surface area contributed by atoms with E-state index in [4.69, 9.17) is 5.26 Å². The van der Waals surface area contributed by atoms with E-state index in [9.17, 15) is 9.59 Å². The Hall–Kier alpha value is -1.57. The van der Waals surface area contributed by atoms with Crippen LogP contribution in [0.3, 0.4) is 0 Å². The lowest BCUT2D eigenvalue weighted by Gasteiger charge is -2.16. The lowest BCUT2D eigenvalue weighted by Crippen LogP contribution is -2.31. The van der Waals surface area contributed by atoms with E-state index in [0.29, 0.717) is 6.54 Å². The zero-order valence-corrected chi connectivity index (χ0v) is 9.75. The molecule has 1 N–H and O–H groups in total. The van der Waals surface area contributed by atoms with Gasteiger partial charge >= 0.3 is 6.03 Å². The molecule has 0 spiro atoms. The Bertz CT molecular complexity index is 315. The molecule has 5 heteroatoms. The zero-order valence-electron chi connectivity index (χ0n) is 9.75. The Morgan fingerprint density at radius 2 is 2.12 bits per heavy atom. The van der Waals surface area contributed by atoms with Crippen molar-refractivity contribution in [1.29, 1.82) is 5.26 Å². The second-order valence-corrected chi connectivity index (χ2v) is 4.66.